The van der Waals surface area contributed by atoms with E-state index >= 15 is 0 Å². The number of nitrogens with one attached hydrogen (secondary N) is 2. The fourth-order valence-corrected chi connectivity index (χ4v) is 4.08. The molecule has 0 spiro atoms. The van der Waals surface area contributed by atoms with Crippen molar-refractivity contribution in [2.24, 2.45) is 0 Å². The lowest BCUT2D eigenvalue weighted by atomic mass is 10.0. The van der Waals surface area contributed by atoms with Crippen LogP contribution >= 0.6 is 0 Å². The molecule has 0 radical (unpaired) electrons. The van der Waals surface area contributed by atoms with E-state index in [-0.39, 0.29) is 17.9 Å². The summed E-state index contributed by atoms with van der Waals surface area (Å²) in [5.41, 5.74) is 1.83. The number of benzene rings is 2. The molecule has 31 heavy (non-hydrogen) atoms. The van der Waals surface area contributed by atoms with Crippen molar-refractivity contribution in [2.45, 2.75) is 25.3 Å². The predicted octanol–water partition coefficient (Wildman–Crippen LogP) is 2.03. The maximum atomic E-state index is 12.7. The number of sulfonamides is 1. The summed E-state index contributed by atoms with van der Waals surface area (Å²) in [6.45, 7) is 1.10. The van der Waals surface area contributed by atoms with Gasteiger partial charge in [0.15, 0.2) is 0 Å². The number of piperidine rings is 1. The third-order valence-corrected chi connectivity index (χ3v) is 5.71. The minimum Gasteiger partial charge on any atom is -0.497 e. The minimum absolute atomic E-state index is 0.0380. The van der Waals surface area contributed by atoms with Crippen LogP contribution in [-0.2, 0) is 21.2 Å². The largest absolute Gasteiger partial charge is 0.497 e. The monoisotopic (exact) mass is 445 g/mol. The normalized spacial score (nSPS) is 14.7. The topological polar surface area (TPSA) is 105 Å². The van der Waals surface area contributed by atoms with Crippen LogP contribution in [0.4, 0.5) is 5.69 Å². The maximum Gasteiger partial charge on any atom is 0.253 e. The highest BCUT2D eigenvalue weighted by atomic mass is 32.2. The van der Waals surface area contributed by atoms with Crippen molar-refractivity contribution >= 4 is 27.5 Å². The molecule has 2 N–H and O–H groups in total. The molecule has 2 aromatic carbocycles. The summed E-state index contributed by atoms with van der Waals surface area (Å²) in [5.74, 6) is 0.611. The van der Waals surface area contributed by atoms with Crippen LogP contribution in [0.2, 0.25) is 0 Å². The van der Waals surface area contributed by atoms with Crippen LogP contribution in [0, 0.1) is 0 Å². The third kappa shape index (κ3) is 6.71. The fourth-order valence-electron chi connectivity index (χ4n) is 3.51. The molecule has 0 unspecified atom stereocenters. The van der Waals surface area contributed by atoms with Gasteiger partial charge in [0.05, 0.1) is 19.8 Å². The summed E-state index contributed by atoms with van der Waals surface area (Å²) < 4.78 is 30.1. The van der Waals surface area contributed by atoms with Crippen LogP contribution in [0.15, 0.2) is 48.5 Å². The predicted molar refractivity (Wildman–Crippen MR) is 119 cm³/mol. The Morgan fingerprint density at radius 3 is 2.19 bits per heavy atom. The second-order valence-electron chi connectivity index (χ2n) is 7.61. The standard InChI is InChI=1S/C22H27N3O5S/c1-30-20-9-3-16(4-10-20)15-21(26)23-18-11-13-25(14-12-18)22(27)17-5-7-19(8-6-17)24-31(2,28)29/h3-10,18,24H,11-15H2,1-2H3,(H,23,26). The third-order valence-electron chi connectivity index (χ3n) is 5.11. The lowest BCUT2D eigenvalue weighted by Gasteiger charge is -2.32. The van der Waals surface area contributed by atoms with Crippen LogP contribution in [0.5, 0.6) is 5.75 Å². The van der Waals surface area contributed by atoms with Gasteiger partial charge in [0.2, 0.25) is 15.9 Å². The first-order valence-corrected chi connectivity index (χ1v) is 11.9. The Balaban J connectivity index is 1.47. The van der Waals surface area contributed by atoms with Crippen molar-refractivity contribution in [1.29, 1.82) is 0 Å². The smallest absolute Gasteiger partial charge is 0.253 e. The summed E-state index contributed by atoms with van der Waals surface area (Å²) in [6, 6.07) is 13.8. The average molecular weight is 446 g/mol. The molecule has 8 nitrogen and oxygen atoms in total. The number of carbonyl (C=O) groups is 2. The Morgan fingerprint density at radius 1 is 1.03 bits per heavy atom. The van der Waals surface area contributed by atoms with E-state index in [1.807, 2.05) is 24.3 Å². The lowest BCUT2D eigenvalue weighted by Crippen LogP contribution is -2.46. The van der Waals surface area contributed by atoms with Crippen molar-refractivity contribution in [1.82, 2.24) is 10.2 Å². The van der Waals surface area contributed by atoms with Gasteiger partial charge in [-0.15, -0.1) is 0 Å². The molecule has 0 atom stereocenters. The zero-order valence-corrected chi connectivity index (χ0v) is 18.4. The number of rotatable bonds is 7. The fraction of sp³-hybridized carbons (Fsp3) is 0.364. The Kier molecular flexibility index (Phi) is 7.17. The van der Waals surface area contributed by atoms with Gasteiger partial charge in [0.25, 0.3) is 5.91 Å². The molecule has 0 aromatic heterocycles. The highest BCUT2D eigenvalue weighted by Crippen LogP contribution is 2.17. The van der Waals surface area contributed by atoms with Crippen molar-refractivity contribution in [3.05, 3.63) is 59.7 Å². The maximum absolute atomic E-state index is 12.7. The summed E-state index contributed by atoms with van der Waals surface area (Å²) in [5, 5.41) is 3.05. The van der Waals surface area contributed by atoms with Gasteiger partial charge < -0.3 is 15.0 Å². The molecule has 2 amide bonds. The van der Waals surface area contributed by atoms with E-state index in [0.717, 1.165) is 17.6 Å². The Labute approximate surface area is 182 Å². The van der Waals surface area contributed by atoms with Gasteiger partial charge in [-0.2, -0.15) is 0 Å². The van der Waals surface area contributed by atoms with Crippen molar-refractivity contribution in [2.75, 3.05) is 31.2 Å². The first-order valence-electron chi connectivity index (χ1n) is 10.0. The van der Waals surface area contributed by atoms with Crippen LogP contribution in [0.3, 0.4) is 0 Å². The van der Waals surface area contributed by atoms with E-state index in [0.29, 0.717) is 43.6 Å². The molecule has 1 fully saturated rings. The molecule has 1 saturated heterocycles. The highest BCUT2D eigenvalue weighted by Gasteiger charge is 2.24. The summed E-state index contributed by atoms with van der Waals surface area (Å²) in [4.78, 5) is 26.8. The van der Waals surface area contributed by atoms with Gasteiger partial charge in [0, 0.05) is 30.4 Å². The first kappa shape index (κ1) is 22.6. The van der Waals surface area contributed by atoms with E-state index in [1.54, 1.807) is 36.3 Å². The molecular formula is C22H27N3O5S. The zero-order chi connectivity index (χ0) is 22.4. The van der Waals surface area contributed by atoms with Gasteiger partial charge >= 0.3 is 0 Å². The van der Waals surface area contributed by atoms with Gasteiger partial charge in [-0.25, -0.2) is 8.42 Å². The van der Waals surface area contributed by atoms with Crippen molar-refractivity contribution in [3.8, 4) is 5.75 Å². The van der Waals surface area contributed by atoms with E-state index in [4.69, 9.17) is 4.74 Å². The molecular weight excluding hydrogens is 418 g/mol. The molecule has 0 saturated carbocycles. The van der Waals surface area contributed by atoms with E-state index < -0.39 is 10.0 Å². The number of methoxy groups -OCH3 is 1. The summed E-state index contributed by atoms with van der Waals surface area (Å²) in [6.07, 6.45) is 2.75. The summed E-state index contributed by atoms with van der Waals surface area (Å²) in [7, 11) is -1.75. The minimum atomic E-state index is -3.36. The van der Waals surface area contributed by atoms with Gasteiger partial charge in [0.1, 0.15) is 5.75 Å². The number of hydrogen-bond acceptors (Lipinski definition) is 5. The second kappa shape index (κ2) is 9.82. The Morgan fingerprint density at radius 2 is 1.65 bits per heavy atom. The molecule has 0 bridgehead atoms. The number of nitrogens with zero attached hydrogens (tertiary/aromatic N) is 1. The van der Waals surface area contributed by atoms with Crippen LogP contribution < -0.4 is 14.8 Å². The molecule has 1 aliphatic heterocycles. The number of carbonyl (C=O) groups excluding carboxylic acids is 2. The number of ether oxygens (including phenoxy) is 1. The zero-order valence-electron chi connectivity index (χ0n) is 17.6. The molecule has 166 valence electrons. The van der Waals surface area contributed by atoms with Crippen LogP contribution in [0.1, 0.15) is 28.8 Å². The highest BCUT2D eigenvalue weighted by molar-refractivity contribution is 7.92. The number of hydrogen-bond donors (Lipinski definition) is 2. The average Bonchev–Trinajstić information content (AvgIpc) is 2.74. The van der Waals surface area contributed by atoms with Crippen molar-refractivity contribution in [3.63, 3.8) is 0 Å². The first-order chi connectivity index (χ1) is 14.7. The Hall–Kier alpha value is -3.07. The molecule has 1 heterocycles. The van der Waals surface area contributed by atoms with Gasteiger partial charge in [-0.3, -0.25) is 14.3 Å². The molecule has 1 aliphatic rings. The lowest BCUT2D eigenvalue weighted by molar-refractivity contribution is -0.121. The summed E-state index contributed by atoms with van der Waals surface area (Å²) >= 11 is 0. The van der Waals surface area contributed by atoms with Crippen LogP contribution in [0.25, 0.3) is 0 Å². The quantitative estimate of drug-likeness (QED) is 0.679. The number of amides is 2. The molecule has 0 aliphatic carbocycles. The van der Waals surface area contributed by atoms with Crippen LogP contribution in [-0.4, -0.2) is 57.6 Å². The van der Waals surface area contributed by atoms with E-state index in [9.17, 15) is 18.0 Å². The van der Waals surface area contributed by atoms with Gasteiger partial charge in [-0.1, -0.05) is 12.1 Å². The second-order valence-corrected chi connectivity index (χ2v) is 9.36. The molecule has 3 rings (SSSR count). The Bertz CT molecular complexity index is 1010. The van der Waals surface area contributed by atoms with Gasteiger partial charge in [-0.05, 0) is 54.8 Å². The van der Waals surface area contributed by atoms with Crippen molar-refractivity contribution < 1.29 is 22.7 Å². The number of anilines is 1. The van der Waals surface area contributed by atoms with E-state index in [1.165, 1.54) is 0 Å². The SMILES string of the molecule is COc1ccc(CC(=O)NC2CCN(C(=O)c3ccc(NS(C)(=O)=O)cc3)CC2)cc1. The molecule has 2 aromatic rings. The number of likely N-dealkylation sites (tertiary alicyclic amines) is 1. The van der Waals surface area contributed by atoms with E-state index in [2.05, 4.69) is 10.0 Å². The molecule has 9 heteroatoms.